The summed E-state index contributed by atoms with van der Waals surface area (Å²) in [6, 6.07) is 7.77. The quantitative estimate of drug-likeness (QED) is 0.434. The number of thioether (sulfide) groups is 1. The smallest absolute Gasteiger partial charge is 0.159 e. The Morgan fingerprint density at radius 2 is 2.07 bits per heavy atom. The first-order valence-corrected chi connectivity index (χ1v) is 5.95. The lowest BCUT2D eigenvalue weighted by Crippen LogP contribution is -1.91. The molecule has 1 aromatic rings. The van der Waals surface area contributed by atoms with Gasteiger partial charge in [0.05, 0.1) is 0 Å². The first-order chi connectivity index (χ1) is 7.09. The van der Waals surface area contributed by atoms with Gasteiger partial charge in [0.1, 0.15) is 0 Å². The summed E-state index contributed by atoms with van der Waals surface area (Å²) < 4.78 is 0. The van der Waals surface area contributed by atoms with Gasteiger partial charge in [0.2, 0.25) is 0 Å². The van der Waals surface area contributed by atoms with Crippen LogP contribution in [0.3, 0.4) is 0 Å². The first kappa shape index (κ1) is 12.1. The number of hydrogen-bond donors (Lipinski definition) is 0. The molecule has 0 unspecified atom stereocenters. The maximum atomic E-state index is 11.2. The highest BCUT2D eigenvalue weighted by Gasteiger charge is 1.99. The Bertz CT molecular complexity index is 376. The number of carbonyl (C=O) groups is 1. The Morgan fingerprint density at radius 1 is 1.33 bits per heavy atom. The van der Waals surface area contributed by atoms with E-state index in [2.05, 4.69) is 19.9 Å². The van der Waals surface area contributed by atoms with Gasteiger partial charge in [-0.3, -0.25) is 4.79 Å². The van der Waals surface area contributed by atoms with Gasteiger partial charge in [0.25, 0.3) is 0 Å². The molecule has 0 atom stereocenters. The molecule has 0 radical (unpaired) electrons. The van der Waals surface area contributed by atoms with E-state index in [1.165, 1.54) is 5.57 Å². The highest BCUT2D eigenvalue weighted by atomic mass is 32.2. The molecule has 0 amide bonds. The maximum Gasteiger partial charge on any atom is 0.159 e. The second-order valence-corrected chi connectivity index (χ2v) is 4.77. The molecular formula is C13H16OS. The fourth-order valence-corrected chi connectivity index (χ4v) is 2.10. The van der Waals surface area contributed by atoms with Crippen molar-refractivity contribution in [1.82, 2.24) is 0 Å². The molecule has 0 saturated heterocycles. The lowest BCUT2D eigenvalue weighted by Gasteiger charge is -2.01. The van der Waals surface area contributed by atoms with Crippen LogP contribution in [0.5, 0.6) is 0 Å². The number of rotatable bonds is 4. The van der Waals surface area contributed by atoms with Gasteiger partial charge in [0.15, 0.2) is 5.78 Å². The molecule has 0 aliphatic rings. The second-order valence-electron chi connectivity index (χ2n) is 3.68. The van der Waals surface area contributed by atoms with Crippen molar-refractivity contribution >= 4 is 17.5 Å². The normalized spacial score (nSPS) is 9.80. The highest BCUT2D eigenvalue weighted by molar-refractivity contribution is 7.99. The van der Waals surface area contributed by atoms with E-state index in [1.807, 2.05) is 24.3 Å². The van der Waals surface area contributed by atoms with Crippen LogP contribution in [0.1, 0.15) is 31.1 Å². The van der Waals surface area contributed by atoms with Gasteiger partial charge in [0, 0.05) is 16.2 Å². The van der Waals surface area contributed by atoms with E-state index in [1.54, 1.807) is 18.7 Å². The van der Waals surface area contributed by atoms with Crippen molar-refractivity contribution in [2.24, 2.45) is 0 Å². The topological polar surface area (TPSA) is 17.1 Å². The van der Waals surface area contributed by atoms with Crippen molar-refractivity contribution in [1.29, 1.82) is 0 Å². The molecule has 0 bridgehead atoms. The summed E-state index contributed by atoms with van der Waals surface area (Å²) in [5.74, 6) is 1.09. The molecule has 1 nitrogen and oxygen atoms in total. The van der Waals surface area contributed by atoms with Gasteiger partial charge in [-0.2, -0.15) is 0 Å². The molecule has 0 aromatic heterocycles. The molecule has 0 N–H and O–H groups in total. The third kappa shape index (κ3) is 4.34. The lowest BCUT2D eigenvalue weighted by atomic mass is 10.2. The summed E-state index contributed by atoms with van der Waals surface area (Å²) in [5, 5.41) is 0. The lowest BCUT2D eigenvalue weighted by molar-refractivity contribution is 0.101. The molecule has 0 heterocycles. The van der Waals surface area contributed by atoms with E-state index in [0.717, 1.165) is 16.2 Å². The monoisotopic (exact) mass is 220 g/mol. The van der Waals surface area contributed by atoms with Crippen LogP contribution in [0.15, 0.2) is 40.8 Å². The first-order valence-electron chi connectivity index (χ1n) is 4.97. The van der Waals surface area contributed by atoms with Crippen molar-refractivity contribution in [3.63, 3.8) is 0 Å². The summed E-state index contributed by atoms with van der Waals surface area (Å²) >= 11 is 1.75. The van der Waals surface area contributed by atoms with Crippen molar-refractivity contribution in [3.8, 4) is 0 Å². The molecule has 1 aromatic carbocycles. The zero-order chi connectivity index (χ0) is 11.3. The Kier molecular flexibility index (Phi) is 4.63. The fraction of sp³-hybridized carbons (Fsp3) is 0.308. The predicted octanol–water partition coefficient (Wildman–Crippen LogP) is 3.95. The third-order valence-corrected chi connectivity index (χ3v) is 2.90. The van der Waals surface area contributed by atoms with Crippen molar-refractivity contribution in [2.45, 2.75) is 25.7 Å². The number of ketones is 1. The van der Waals surface area contributed by atoms with Crippen LogP contribution >= 0.6 is 11.8 Å². The Morgan fingerprint density at radius 3 is 2.67 bits per heavy atom. The van der Waals surface area contributed by atoms with E-state index < -0.39 is 0 Å². The van der Waals surface area contributed by atoms with Crippen molar-refractivity contribution < 1.29 is 4.79 Å². The summed E-state index contributed by atoms with van der Waals surface area (Å²) in [6.45, 7) is 5.78. The predicted molar refractivity (Wildman–Crippen MR) is 66.6 cm³/mol. The van der Waals surface area contributed by atoms with E-state index in [9.17, 15) is 4.79 Å². The van der Waals surface area contributed by atoms with Crippen molar-refractivity contribution in [3.05, 3.63) is 41.5 Å². The molecule has 2 heteroatoms. The molecule has 1 rings (SSSR count). The summed E-state index contributed by atoms with van der Waals surface area (Å²) in [6.07, 6.45) is 2.19. The van der Waals surface area contributed by atoms with Crippen LogP contribution in [-0.2, 0) is 0 Å². The molecule has 0 aliphatic carbocycles. The van der Waals surface area contributed by atoms with Gasteiger partial charge in [-0.15, -0.1) is 11.8 Å². The largest absolute Gasteiger partial charge is 0.295 e. The van der Waals surface area contributed by atoms with E-state index in [0.29, 0.717) is 0 Å². The standard InChI is InChI=1S/C13H16OS/c1-10(2)7-8-15-13-6-4-5-12(9-13)11(3)14/h4-7,9H,8H2,1-3H3. The minimum absolute atomic E-state index is 0.125. The molecule has 0 aliphatic heterocycles. The second kappa shape index (κ2) is 5.76. The summed E-state index contributed by atoms with van der Waals surface area (Å²) in [5.41, 5.74) is 2.11. The van der Waals surface area contributed by atoms with Gasteiger partial charge in [-0.25, -0.2) is 0 Å². The minimum Gasteiger partial charge on any atom is -0.295 e. The van der Waals surface area contributed by atoms with Crippen molar-refractivity contribution in [2.75, 3.05) is 5.75 Å². The Balaban J connectivity index is 2.66. The zero-order valence-electron chi connectivity index (χ0n) is 9.41. The Labute approximate surface area is 95.6 Å². The number of carbonyl (C=O) groups excluding carboxylic acids is 1. The van der Waals surface area contributed by atoms with Crippen LogP contribution < -0.4 is 0 Å². The number of allylic oxidation sites excluding steroid dienone is 1. The van der Waals surface area contributed by atoms with E-state index in [4.69, 9.17) is 0 Å². The van der Waals surface area contributed by atoms with E-state index in [-0.39, 0.29) is 5.78 Å². The van der Waals surface area contributed by atoms with Gasteiger partial charge in [-0.1, -0.05) is 23.8 Å². The van der Waals surface area contributed by atoms with Gasteiger partial charge < -0.3 is 0 Å². The summed E-state index contributed by atoms with van der Waals surface area (Å²) in [7, 11) is 0. The van der Waals surface area contributed by atoms with Crippen LogP contribution in [0, 0.1) is 0 Å². The maximum absolute atomic E-state index is 11.2. The zero-order valence-corrected chi connectivity index (χ0v) is 10.2. The van der Waals surface area contributed by atoms with Gasteiger partial charge >= 0.3 is 0 Å². The number of Topliss-reactive ketones (excluding diaryl/α,β-unsaturated/α-hetero) is 1. The third-order valence-electron chi connectivity index (χ3n) is 1.98. The molecule has 0 fully saturated rings. The molecule has 15 heavy (non-hydrogen) atoms. The summed E-state index contributed by atoms with van der Waals surface area (Å²) in [4.78, 5) is 12.3. The SMILES string of the molecule is CC(=O)c1cccc(SCC=C(C)C)c1. The van der Waals surface area contributed by atoms with Crippen LogP contribution in [-0.4, -0.2) is 11.5 Å². The molecule has 80 valence electrons. The fourth-order valence-electron chi connectivity index (χ4n) is 1.11. The average Bonchev–Trinajstić information content (AvgIpc) is 2.17. The molecule has 0 saturated carbocycles. The minimum atomic E-state index is 0.125. The average molecular weight is 220 g/mol. The number of hydrogen-bond acceptors (Lipinski definition) is 2. The Hall–Kier alpha value is -1.02. The number of benzene rings is 1. The molecular weight excluding hydrogens is 204 g/mol. The van der Waals surface area contributed by atoms with Crippen LogP contribution in [0.2, 0.25) is 0 Å². The molecule has 0 spiro atoms. The van der Waals surface area contributed by atoms with Crippen LogP contribution in [0.4, 0.5) is 0 Å². The highest BCUT2D eigenvalue weighted by Crippen LogP contribution is 2.19. The van der Waals surface area contributed by atoms with Crippen LogP contribution in [0.25, 0.3) is 0 Å². The van der Waals surface area contributed by atoms with E-state index >= 15 is 0 Å². The van der Waals surface area contributed by atoms with Gasteiger partial charge in [-0.05, 0) is 32.9 Å².